The Bertz CT molecular complexity index is 471. The van der Waals surface area contributed by atoms with Crippen molar-refractivity contribution in [3.63, 3.8) is 0 Å². The Kier molecular flexibility index (Phi) is 3.98. The van der Waals surface area contributed by atoms with Gasteiger partial charge < -0.3 is 5.32 Å². The highest BCUT2D eigenvalue weighted by Gasteiger charge is 1.95. The van der Waals surface area contributed by atoms with Gasteiger partial charge in [0.15, 0.2) is 0 Å². The molecule has 17 heavy (non-hydrogen) atoms. The van der Waals surface area contributed by atoms with Crippen LogP contribution in [0.3, 0.4) is 0 Å². The molecule has 2 aromatic rings. The van der Waals surface area contributed by atoms with E-state index in [9.17, 15) is 0 Å². The largest absolute Gasteiger partial charge is 0.359 e. The van der Waals surface area contributed by atoms with Gasteiger partial charge in [-0.3, -0.25) is 0 Å². The maximum Gasteiger partial charge on any atom is 0.0381 e. The number of para-hydroxylation sites is 1. The van der Waals surface area contributed by atoms with Crippen molar-refractivity contribution >= 4 is 11.8 Å². The summed E-state index contributed by atoms with van der Waals surface area (Å²) in [5, 5.41) is 3.44. The fourth-order valence-corrected chi connectivity index (χ4v) is 1.68. The van der Waals surface area contributed by atoms with Crippen molar-refractivity contribution in [2.45, 2.75) is 13.3 Å². The Balaban J connectivity index is 2.15. The lowest BCUT2D eigenvalue weighted by Crippen LogP contribution is -1.97. The first-order valence-corrected chi connectivity index (χ1v) is 5.96. The number of hydrogen-bond donors (Lipinski definition) is 1. The van der Waals surface area contributed by atoms with Crippen molar-refractivity contribution in [2.24, 2.45) is 0 Å². The summed E-state index contributed by atoms with van der Waals surface area (Å²) in [6.07, 6.45) is 3.18. The minimum atomic E-state index is 0.990. The second-order valence-electron chi connectivity index (χ2n) is 3.92. The third kappa shape index (κ3) is 3.49. The van der Waals surface area contributed by atoms with Gasteiger partial charge >= 0.3 is 0 Å². The van der Waals surface area contributed by atoms with Crippen LogP contribution >= 0.6 is 0 Å². The Hall–Kier alpha value is -2.02. The normalized spacial score (nSPS) is 11.2. The number of benzene rings is 2. The van der Waals surface area contributed by atoms with Gasteiger partial charge in [0.05, 0.1) is 0 Å². The summed E-state index contributed by atoms with van der Waals surface area (Å²) < 4.78 is 0. The zero-order chi connectivity index (χ0) is 11.9. The van der Waals surface area contributed by atoms with E-state index < -0.39 is 0 Å². The first-order chi connectivity index (χ1) is 8.38. The van der Waals surface area contributed by atoms with Crippen molar-refractivity contribution in [1.82, 2.24) is 0 Å². The van der Waals surface area contributed by atoms with E-state index in [1.807, 2.05) is 24.3 Å². The van der Waals surface area contributed by atoms with Crippen molar-refractivity contribution in [3.05, 3.63) is 71.9 Å². The zero-order valence-electron chi connectivity index (χ0n) is 10.1. The lowest BCUT2D eigenvalue weighted by molar-refractivity contribution is 1.12. The smallest absolute Gasteiger partial charge is 0.0381 e. The van der Waals surface area contributed by atoms with Crippen molar-refractivity contribution < 1.29 is 0 Å². The van der Waals surface area contributed by atoms with Crippen LogP contribution in [0.5, 0.6) is 0 Å². The van der Waals surface area contributed by atoms with Crippen LogP contribution in [0.1, 0.15) is 18.9 Å². The predicted octanol–water partition coefficient (Wildman–Crippen LogP) is 4.55. The van der Waals surface area contributed by atoms with E-state index in [0.717, 1.165) is 12.1 Å². The highest BCUT2D eigenvalue weighted by atomic mass is 14.9. The molecule has 1 N–H and O–H groups in total. The first kappa shape index (κ1) is 11.5. The van der Waals surface area contributed by atoms with Gasteiger partial charge in [0.2, 0.25) is 0 Å². The van der Waals surface area contributed by atoms with Gasteiger partial charge in [0.1, 0.15) is 0 Å². The van der Waals surface area contributed by atoms with Crippen LogP contribution in [-0.4, -0.2) is 0 Å². The molecule has 0 spiro atoms. The summed E-state index contributed by atoms with van der Waals surface area (Å²) in [6.45, 7) is 2.16. The molecule has 0 aromatic heterocycles. The van der Waals surface area contributed by atoms with Crippen LogP contribution in [-0.2, 0) is 0 Å². The summed E-state index contributed by atoms with van der Waals surface area (Å²) in [5.41, 5.74) is 3.59. The fraction of sp³-hybridized carbons (Fsp3) is 0.125. The summed E-state index contributed by atoms with van der Waals surface area (Å²) in [5.74, 6) is 0. The molecule has 0 amide bonds. The molecule has 0 aliphatic carbocycles. The lowest BCUT2D eigenvalue weighted by Gasteiger charge is -2.09. The van der Waals surface area contributed by atoms with E-state index in [1.54, 1.807) is 0 Å². The molecule has 2 rings (SSSR count). The molecule has 0 heterocycles. The highest BCUT2D eigenvalue weighted by molar-refractivity contribution is 5.59. The quantitative estimate of drug-likeness (QED) is 0.801. The molecule has 0 saturated heterocycles. The molecule has 1 nitrogen and oxygen atoms in total. The van der Waals surface area contributed by atoms with Gasteiger partial charge in [-0.2, -0.15) is 0 Å². The first-order valence-electron chi connectivity index (χ1n) is 5.96. The van der Waals surface area contributed by atoms with E-state index in [2.05, 4.69) is 54.7 Å². The second kappa shape index (κ2) is 5.90. The van der Waals surface area contributed by atoms with Gasteiger partial charge in [0, 0.05) is 11.4 Å². The van der Waals surface area contributed by atoms with Crippen LogP contribution in [0.25, 0.3) is 6.08 Å². The molecule has 0 aliphatic rings. The molecule has 0 aliphatic heterocycles. The monoisotopic (exact) mass is 223 g/mol. The van der Waals surface area contributed by atoms with E-state index >= 15 is 0 Å². The average molecular weight is 223 g/mol. The topological polar surface area (TPSA) is 12.0 Å². The summed E-state index contributed by atoms with van der Waals surface area (Å²) >= 11 is 0. The average Bonchev–Trinajstić information content (AvgIpc) is 2.40. The molecule has 0 fully saturated rings. The van der Waals surface area contributed by atoms with Gasteiger partial charge in [-0.1, -0.05) is 55.5 Å². The second-order valence-corrected chi connectivity index (χ2v) is 3.92. The van der Waals surface area contributed by atoms with E-state index in [1.165, 1.54) is 11.3 Å². The predicted molar refractivity (Wildman–Crippen MR) is 74.8 cm³/mol. The van der Waals surface area contributed by atoms with Gasteiger partial charge in [-0.05, 0) is 30.2 Å². The maximum atomic E-state index is 3.44. The maximum absolute atomic E-state index is 3.44. The van der Waals surface area contributed by atoms with E-state index in [4.69, 9.17) is 0 Å². The molecule has 0 radical (unpaired) electrons. The van der Waals surface area contributed by atoms with Crippen LogP contribution in [0.15, 0.2) is 66.4 Å². The van der Waals surface area contributed by atoms with E-state index in [0.29, 0.717) is 0 Å². The standard InChI is InChI=1S/C16H17N/c1-2-15(13-14-9-5-3-6-10-14)17-16-11-7-4-8-12-16/h3-13,17H,2H2,1H3. The van der Waals surface area contributed by atoms with Crippen LogP contribution in [0, 0.1) is 0 Å². The molecular weight excluding hydrogens is 206 g/mol. The third-order valence-corrected chi connectivity index (χ3v) is 2.60. The molecule has 0 bridgehead atoms. The van der Waals surface area contributed by atoms with Crippen LogP contribution in [0.4, 0.5) is 5.69 Å². The van der Waals surface area contributed by atoms with Crippen molar-refractivity contribution in [2.75, 3.05) is 5.32 Å². The Morgan fingerprint density at radius 2 is 1.53 bits per heavy atom. The molecule has 0 unspecified atom stereocenters. The molecular formula is C16H17N. The summed E-state index contributed by atoms with van der Waals surface area (Å²) in [7, 11) is 0. The number of nitrogens with one attached hydrogen (secondary N) is 1. The summed E-state index contributed by atoms with van der Waals surface area (Å²) in [4.78, 5) is 0. The minimum absolute atomic E-state index is 0.990. The molecule has 0 saturated carbocycles. The minimum Gasteiger partial charge on any atom is -0.359 e. The molecule has 86 valence electrons. The molecule has 1 heteroatoms. The molecule has 0 atom stereocenters. The van der Waals surface area contributed by atoms with Crippen molar-refractivity contribution in [3.8, 4) is 0 Å². The Morgan fingerprint density at radius 3 is 2.12 bits per heavy atom. The zero-order valence-corrected chi connectivity index (χ0v) is 10.1. The van der Waals surface area contributed by atoms with Gasteiger partial charge in [-0.15, -0.1) is 0 Å². The number of anilines is 1. The fourth-order valence-electron chi connectivity index (χ4n) is 1.68. The van der Waals surface area contributed by atoms with Crippen LogP contribution in [0.2, 0.25) is 0 Å². The van der Waals surface area contributed by atoms with E-state index in [-0.39, 0.29) is 0 Å². The lowest BCUT2D eigenvalue weighted by atomic mass is 10.1. The van der Waals surface area contributed by atoms with Gasteiger partial charge in [0.25, 0.3) is 0 Å². The Labute approximate surface area is 103 Å². The summed E-state index contributed by atoms with van der Waals surface area (Å²) in [6, 6.07) is 20.6. The third-order valence-electron chi connectivity index (χ3n) is 2.60. The highest BCUT2D eigenvalue weighted by Crippen LogP contribution is 2.14. The number of hydrogen-bond acceptors (Lipinski definition) is 1. The van der Waals surface area contributed by atoms with Crippen LogP contribution < -0.4 is 5.32 Å². The SMILES string of the molecule is CCC(=Cc1ccccc1)Nc1ccccc1. The van der Waals surface area contributed by atoms with Crippen molar-refractivity contribution in [1.29, 1.82) is 0 Å². The van der Waals surface area contributed by atoms with Gasteiger partial charge in [-0.25, -0.2) is 0 Å². The number of rotatable bonds is 4. The number of allylic oxidation sites excluding steroid dienone is 1. The Morgan fingerprint density at radius 1 is 0.941 bits per heavy atom. The molecule has 2 aromatic carbocycles.